The second kappa shape index (κ2) is 4.82. The maximum absolute atomic E-state index is 9.02. The van der Waals surface area contributed by atoms with Crippen molar-refractivity contribution in [3.05, 3.63) is 42.0 Å². The van der Waals surface area contributed by atoms with Gasteiger partial charge in [0.25, 0.3) is 0 Å². The number of hydrogen-bond donors (Lipinski definition) is 1. The molecule has 0 aliphatic heterocycles. The average molecular weight is 191 g/mol. The second-order valence-electron chi connectivity index (χ2n) is 3.44. The normalized spacial score (nSPS) is 9.93. The molecule has 1 aromatic rings. The van der Waals surface area contributed by atoms with Crippen molar-refractivity contribution in [2.24, 2.45) is 0 Å². The smallest absolute Gasteiger partial charge is 0.0684 e. The molecule has 0 amide bonds. The minimum Gasteiger partial charge on any atom is -0.392 e. The second-order valence-corrected chi connectivity index (χ2v) is 3.44. The van der Waals surface area contributed by atoms with E-state index in [1.54, 1.807) is 0 Å². The molecule has 76 valence electrons. The van der Waals surface area contributed by atoms with Crippen LogP contribution < -0.4 is 4.90 Å². The third-order valence-corrected chi connectivity index (χ3v) is 2.34. The number of aliphatic hydroxyl groups is 1. The Balaban J connectivity index is 2.90. The summed E-state index contributed by atoms with van der Waals surface area (Å²) < 4.78 is 0. The summed E-state index contributed by atoms with van der Waals surface area (Å²) in [4.78, 5) is 2.11. The van der Waals surface area contributed by atoms with Gasteiger partial charge in [0.05, 0.1) is 6.61 Å². The van der Waals surface area contributed by atoms with Crippen LogP contribution in [-0.4, -0.2) is 18.7 Å². The molecule has 0 spiro atoms. The van der Waals surface area contributed by atoms with Crippen molar-refractivity contribution in [2.45, 2.75) is 13.5 Å². The van der Waals surface area contributed by atoms with E-state index >= 15 is 0 Å². The van der Waals surface area contributed by atoms with Crippen LogP contribution in [0.15, 0.2) is 30.9 Å². The third-order valence-electron chi connectivity index (χ3n) is 2.34. The summed E-state index contributed by atoms with van der Waals surface area (Å²) in [6.07, 6.45) is 1.87. The van der Waals surface area contributed by atoms with Gasteiger partial charge in [0.15, 0.2) is 0 Å². The van der Waals surface area contributed by atoms with Crippen molar-refractivity contribution in [1.29, 1.82) is 0 Å². The van der Waals surface area contributed by atoms with Gasteiger partial charge in [0.2, 0.25) is 0 Å². The first-order valence-electron chi connectivity index (χ1n) is 4.71. The van der Waals surface area contributed by atoms with Gasteiger partial charge < -0.3 is 10.0 Å². The number of hydrogen-bond acceptors (Lipinski definition) is 2. The van der Waals surface area contributed by atoms with Crippen LogP contribution in [-0.2, 0) is 6.61 Å². The highest BCUT2D eigenvalue weighted by molar-refractivity contribution is 5.50. The monoisotopic (exact) mass is 191 g/mol. The summed E-state index contributed by atoms with van der Waals surface area (Å²) in [6, 6.07) is 6.06. The Morgan fingerprint density at radius 1 is 1.50 bits per heavy atom. The van der Waals surface area contributed by atoms with Crippen LogP contribution in [0.1, 0.15) is 11.1 Å². The minimum atomic E-state index is 0.108. The van der Waals surface area contributed by atoms with Crippen LogP contribution in [0.5, 0.6) is 0 Å². The van der Waals surface area contributed by atoms with Crippen LogP contribution in [0.25, 0.3) is 0 Å². The van der Waals surface area contributed by atoms with Crippen molar-refractivity contribution in [2.75, 3.05) is 18.5 Å². The van der Waals surface area contributed by atoms with Gasteiger partial charge in [-0.3, -0.25) is 0 Å². The lowest BCUT2D eigenvalue weighted by atomic mass is 10.1. The standard InChI is InChI=1S/C12H17NO/c1-4-7-13(3)12-6-5-11(9-14)10(2)8-12/h4-6,8,14H,1,7,9H2,2-3H3. The summed E-state index contributed by atoms with van der Waals surface area (Å²) in [6.45, 7) is 6.65. The largest absolute Gasteiger partial charge is 0.392 e. The zero-order valence-electron chi connectivity index (χ0n) is 8.83. The van der Waals surface area contributed by atoms with Crippen LogP contribution in [0.4, 0.5) is 5.69 Å². The molecule has 2 heteroatoms. The maximum Gasteiger partial charge on any atom is 0.0684 e. The van der Waals surface area contributed by atoms with E-state index in [2.05, 4.69) is 17.5 Å². The number of aliphatic hydroxyl groups excluding tert-OH is 1. The Kier molecular flexibility index (Phi) is 3.72. The van der Waals surface area contributed by atoms with Crippen LogP contribution >= 0.6 is 0 Å². The van der Waals surface area contributed by atoms with Gasteiger partial charge in [-0.25, -0.2) is 0 Å². The number of benzene rings is 1. The predicted octanol–water partition coefficient (Wildman–Crippen LogP) is 2.11. The summed E-state index contributed by atoms with van der Waals surface area (Å²) in [7, 11) is 2.02. The molecule has 0 aliphatic carbocycles. The summed E-state index contributed by atoms with van der Waals surface area (Å²) in [5, 5.41) is 9.02. The predicted molar refractivity (Wildman–Crippen MR) is 60.6 cm³/mol. The molecule has 0 radical (unpaired) electrons. The SMILES string of the molecule is C=CCN(C)c1ccc(CO)c(C)c1. The molecule has 14 heavy (non-hydrogen) atoms. The van der Waals surface area contributed by atoms with Crippen molar-refractivity contribution >= 4 is 5.69 Å². The Hall–Kier alpha value is -1.28. The van der Waals surface area contributed by atoms with E-state index in [0.717, 1.165) is 23.4 Å². The maximum atomic E-state index is 9.02. The van der Waals surface area contributed by atoms with Gasteiger partial charge in [-0.2, -0.15) is 0 Å². The molecule has 0 aliphatic rings. The van der Waals surface area contributed by atoms with Gasteiger partial charge in [0.1, 0.15) is 0 Å². The molecule has 0 heterocycles. The summed E-state index contributed by atoms with van der Waals surface area (Å²) >= 11 is 0. The number of anilines is 1. The number of likely N-dealkylation sites (N-methyl/N-ethyl adjacent to an activating group) is 1. The van der Waals surface area contributed by atoms with E-state index in [-0.39, 0.29) is 6.61 Å². The first-order valence-corrected chi connectivity index (χ1v) is 4.71. The van der Waals surface area contributed by atoms with Crippen LogP contribution in [0.3, 0.4) is 0 Å². The Morgan fingerprint density at radius 3 is 2.71 bits per heavy atom. The average Bonchev–Trinajstić information content (AvgIpc) is 2.18. The topological polar surface area (TPSA) is 23.5 Å². The zero-order valence-corrected chi connectivity index (χ0v) is 8.83. The first kappa shape index (κ1) is 10.8. The van der Waals surface area contributed by atoms with E-state index in [0.29, 0.717) is 0 Å². The van der Waals surface area contributed by atoms with E-state index in [4.69, 9.17) is 5.11 Å². The minimum absolute atomic E-state index is 0.108. The molecule has 0 saturated heterocycles. The molecule has 0 fully saturated rings. The Bertz CT molecular complexity index is 320. The Morgan fingerprint density at radius 2 is 2.21 bits per heavy atom. The molecule has 1 rings (SSSR count). The van der Waals surface area contributed by atoms with Crippen LogP contribution in [0, 0.1) is 6.92 Å². The van der Waals surface area contributed by atoms with Crippen molar-refractivity contribution in [3.8, 4) is 0 Å². The number of rotatable bonds is 4. The van der Waals surface area contributed by atoms with Gasteiger partial charge in [0, 0.05) is 19.3 Å². The van der Waals surface area contributed by atoms with Crippen molar-refractivity contribution in [1.82, 2.24) is 0 Å². The quantitative estimate of drug-likeness (QED) is 0.737. The lowest BCUT2D eigenvalue weighted by molar-refractivity contribution is 0.281. The summed E-state index contributed by atoms with van der Waals surface area (Å²) in [5.41, 5.74) is 3.27. The third kappa shape index (κ3) is 2.36. The lowest BCUT2D eigenvalue weighted by Crippen LogP contribution is -2.16. The molecule has 0 atom stereocenters. The Labute approximate surface area is 85.5 Å². The van der Waals surface area contributed by atoms with Gasteiger partial charge in [-0.1, -0.05) is 12.1 Å². The van der Waals surface area contributed by atoms with E-state index < -0.39 is 0 Å². The lowest BCUT2D eigenvalue weighted by Gasteiger charge is -2.18. The molecular weight excluding hydrogens is 174 g/mol. The molecular formula is C12H17NO. The molecule has 2 nitrogen and oxygen atoms in total. The number of aryl methyl sites for hydroxylation is 1. The van der Waals surface area contributed by atoms with Crippen LogP contribution in [0.2, 0.25) is 0 Å². The highest BCUT2D eigenvalue weighted by Gasteiger charge is 2.01. The number of nitrogens with zero attached hydrogens (tertiary/aromatic N) is 1. The van der Waals surface area contributed by atoms with E-state index in [1.807, 2.05) is 32.2 Å². The fourth-order valence-corrected chi connectivity index (χ4v) is 1.39. The van der Waals surface area contributed by atoms with E-state index in [1.165, 1.54) is 0 Å². The van der Waals surface area contributed by atoms with Crippen molar-refractivity contribution < 1.29 is 5.11 Å². The molecule has 0 unspecified atom stereocenters. The van der Waals surface area contributed by atoms with E-state index in [9.17, 15) is 0 Å². The fourth-order valence-electron chi connectivity index (χ4n) is 1.39. The van der Waals surface area contributed by atoms with Gasteiger partial charge in [-0.05, 0) is 30.2 Å². The first-order chi connectivity index (χ1) is 6.69. The molecule has 1 aromatic carbocycles. The molecule has 0 bridgehead atoms. The van der Waals surface area contributed by atoms with Gasteiger partial charge >= 0.3 is 0 Å². The zero-order chi connectivity index (χ0) is 10.6. The highest BCUT2D eigenvalue weighted by Crippen LogP contribution is 2.17. The molecule has 0 saturated carbocycles. The highest BCUT2D eigenvalue weighted by atomic mass is 16.3. The molecule has 1 N–H and O–H groups in total. The molecule has 0 aromatic heterocycles. The fraction of sp³-hybridized carbons (Fsp3) is 0.333. The summed E-state index contributed by atoms with van der Waals surface area (Å²) in [5.74, 6) is 0. The van der Waals surface area contributed by atoms with Crippen molar-refractivity contribution in [3.63, 3.8) is 0 Å². The van der Waals surface area contributed by atoms with Gasteiger partial charge in [-0.15, -0.1) is 6.58 Å².